The number of aliphatic hydroxyl groups excluding tert-OH is 1. The fourth-order valence-electron chi connectivity index (χ4n) is 0.663. The molecular formula is C8H15NO3. The minimum Gasteiger partial charge on any atom is -0.386 e. The number of rotatable bonds is 4. The molecule has 1 unspecified atom stereocenters. The van der Waals surface area contributed by atoms with Gasteiger partial charge in [-0.2, -0.15) is 0 Å². The summed E-state index contributed by atoms with van der Waals surface area (Å²) in [6, 6.07) is 0. The molecular weight excluding hydrogens is 158 g/mol. The molecule has 0 saturated carbocycles. The highest BCUT2D eigenvalue weighted by atomic mass is 16.3. The van der Waals surface area contributed by atoms with Crippen molar-refractivity contribution in [1.82, 2.24) is 4.90 Å². The van der Waals surface area contributed by atoms with Crippen molar-refractivity contribution in [3.8, 4) is 0 Å². The van der Waals surface area contributed by atoms with E-state index in [1.165, 1.54) is 11.8 Å². The quantitative estimate of drug-likeness (QED) is 0.640. The molecule has 0 aliphatic rings. The second kappa shape index (κ2) is 4.87. The average molecular weight is 173 g/mol. The SMILES string of the molecule is CC(O)C(=O)CCC(=O)N(C)C. The summed E-state index contributed by atoms with van der Waals surface area (Å²) in [7, 11) is 3.27. The summed E-state index contributed by atoms with van der Waals surface area (Å²) in [5.74, 6) is -0.380. The van der Waals surface area contributed by atoms with Crippen molar-refractivity contribution in [3.05, 3.63) is 0 Å². The normalized spacial score (nSPS) is 12.3. The number of amides is 1. The van der Waals surface area contributed by atoms with Gasteiger partial charge in [-0.05, 0) is 6.92 Å². The molecule has 0 aromatic carbocycles. The second-order valence-electron chi connectivity index (χ2n) is 2.93. The third-order valence-corrected chi connectivity index (χ3v) is 1.55. The Morgan fingerprint density at radius 2 is 1.83 bits per heavy atom. The number of carbonyl (C=O) groups is 2. The van der Waals surface area contributed by atoms with Gasteiger partial charge in [0.25, 0.3) is 0 Å². The molecule has 12 heavy (non-hydrogen) atoms. The first kappa shape index (κ1) is 11.1. The van der Waals surface area contributed by atoms with Crippen molar-refractivity contribution in [2.75, 3.05) is 14.1 Å². The molecule has 1 amide bonds. The number of hydrogen-bond acceptors (Lipinski definition) is 3. The van der Waals surface area contributed by atoms with E-state index < -0.39 is 6.10 Å². The summed E-state index contributed by atoms with van der Waals surface area (Å²) in [5.41, 5.74) is 0. The molecule has 1 N–H and O–H groups in total. The maximum absolute atomic E-state index is 11.0. The van der Waals surface area contributed by atoms with Gasteiger partial charge in [0.15, 0.2) is 5.78 Å². The van der Waals surface area contributed by atoms with E-state index in [4.69, 9.17) is 5.11 Å². The number of hydrogen-bond donors (Lipinski definition) is 1. The second-order valence-corrected chi connectivity index (χ2v) is 2.93. The van der Waals surface area contributed by atoms with Crippen LogP contribution in [0.2, 0.25) is 0 Å². The molecule has 0 fully saturated rings. The minimum atomic E-state index is -0.958. The Bertz CT molecular complexity index is 155. The topological polar surface area (TPSA) is 57.6 Å². The summed E-state index contributed by atoms with van der Waals surface area (Å²) < 4.78 is 0. The monoisotopic (exact) mass is 173 g/mol. The Morgan fingerprint density at radius 1 is 1.33 bits per heavy atom. The molecule has 0 heterocycles. The van der Waals surface area contributed by atoms with E-state index in [1.807, 2.05) is 0 Å². The van der Waals surface area contributed by atoms with Crippen LogP contribution in [0.5, 0.6) is 0 Å². The van der Waals surface area contributed by atoms with Crippen LogP contribution in [0, 0.1) is 0 Å². The van der Waals surface area contributed by atoms with E-state index in [-0.39, 0.29) is 24.5 Å². The van der Waals surface area contributed by atoms with E-state index in [9.17, 15) is 9.59 Å². The molecule has 0 aromatic rings. The van der Waals surface area contributed by atoms with Gasteiger partial charge < -0.3 is 10.0 Å². The van der Waals surface area contributed by atoms with Gasteiger partial charge in [-0.1, -0.05) is 0 Å². The lowest BCUT2D eigenvalue weighted by molar-refractivity contribution is -0.133. The fraction of sp³-hybridized carbons (Fsp3) is 0.750. The van der Waals surface area contributed by atoms with Gasteiger partial charge in [0.2, 0.25) is 5.91 Å². The van der Waals surface area contributed by atoms with Gasteiger partial charge in [-0.15, -0.1) is 0 Å². The standard InChI is InChI=1S/C8H15NO3/c1-6(10)7(11)4-5-8(12)9(2)3/h6,10H,4-5H2,1-3H3. The number of aliphatic hydroxyl groups is 1. The number of ketones is 1. The van der Waals surface area contributed by atoms with Crippen LogP contribution in [-0.2, 0) is 9.59 Å². The third-order valence-electron chi connectivity index (χ3n) is 1.55. The van der Waals surface area contributed by atoms with Gasteiger partial charge in [0.05, 0.1) is 0 Å². The molecule has 70 valence electrons. The predicted octanol–water partition coefficient (Wildman–Crippen LogP) is -0.195. The highest BCUT2D eigenvalue weighted by Gasteiger charge is 2.11. The predicted molar refractivity (Wildman–Crippen MR) is 44.6 cm³/mol. The van der Waals surface area contributed by atoms with Crippen LogP contribution in [0.3, 0.4) is 0 Å². The van der Waals surface area contributed by atoms with Crippen LogP contribution in [0.1, 0.15) is 19.8 Å². The maximum atomic E-state index is 11.0. The Hall–Kier alpha value is -0.900. The highest BCUT2D eigenvalue weighted by Crippen LogP contribution is 1.97. The minimum absolute atomic E-state index is 0.0935. The smallest absolute Gasteiger partial charge is 0.222 e. The summed E-state index contributed by atoms with van der Waals surface area (Å²) in [6.45, 7) is 1.41. The average Bonchev–Trinajstić information content (AvgIpc) is 1.98. The lowest BCUT2D eigenvalue weighted by Crippen LogP contribution is -2.24. The van der Waals surface area contributed by atoms with Crippen molar-refractivity contribution in [3.63, 3.8) is 0 Å². The Morgan fingerprint density at radius 3 is 2.17 bits per heavy atom. The van der Waals surface area contributed by atoms with E-state index >= 15 is 0 Å². The van der Waals surface area contributed by atoms with E-state index in [0.717, 1.165) is 0 Å². The molecule has 0 aliphatic carbocycles. The van der Waals surface area contributed by atoms with Gasteiger partial charge in [0, 0.05) is 26.9 Å². The lowest BCUT2D eigenvalue weighted by atomic mass is 10.1. The Kier molecular flexibility index (Phi) is 4.51. The molecule has 0 radical (unpaired) electrons. The van der Waals surface area contributed by atoms with Crippen LogP contribution in [0.15, 0.2) is 0 Å². The molecule has 0 aliphatic heterocycles. The summed E-state index contributed by atoms with van der Waals surface area (Å²) in [4.78, 5) is 23.2. The molecule has 0 bridgehead atoms. The third kappa shape index (κ3) is 4.08. The molecule has 0 spiro atoms. The first-order valence-corrected chi connectivity index (χ1v) is 3.86. The van der Waals surface area contributed by atoms with Crippen LogP contribution in [-0.4, -0.2) is 41.9 Å². The summed E-state index contributed by atoms with van der Waals surface area (Å²) >= 11 is 0. The largest absolute Gasteiger partial charge is 0.386 e. The van der Waals surface area contributed by atoms with Gasteiger partial charge in [0.1, 0.15) is 6.10 Å². The van der Waals surface area contributed by atoms with Crippen molar-refractivity contribution in [2.45, 2.75) is 25.9 Å². The highest BCUT2D eigenvalue weighted by molar-refractivity contribution is 5.87. The molecule has 4 nitrogen and oxygen atoms in total. The molecule has 1 atom stereocenters. The first-order valence-electron chi connectivity index (χ1n) is 3.86. The van der Waals surface area contributed by atoms with Crippen LogP contribution in [0.25, 0.3) is 0 Å². The molecule has 0 saturated heterocycles. The number of Topliss-reactive ketones (excluding diaryl/α,β-unsaturated/α-hetero) is 1. The summed E-state index contributed by atoms with van der Waals surface area (Å²) in [5, 5.41) is 8.80. The fourth-order valence-corrected chi connectivity index (χ4v) is 0.663. The molecule has 4 heteroatoms. The van der Waals surface area contributed by atoms with E-state index in [0.29, 0.717) is 0 Å². The van der Waals surface area contributed by atoms with E-state index in [2.05, 4.69) is 0 Å². The zero-order valence-corrected chi connectivity index (χ0v) is 7.70. The van der Waals surface area contributed by atoms with Crippen molar-refractivity contribution < 1.29 is 14.7 Å². The van der Waals surface area contributed by atoms with Crippen molar-refractivity contribution in [1.29, 1.82) is 0 Å². The zero-order chi connectivity index (χ0) is 9.72. The van der Waals surface area contributed by atoms with Crippen molar-refractivity contribution >= 4 is 11.7 Å². The Labute approximate surface area is 72.2 Å². The first-order chi connectivity index (χ1) is 5.45. The van der Waals surface area contributed by atoms with Gasteiger partial charge in [-0.3, -0.25) is 9.59 Å². The Balaban J connectivity index is 3.69. The van der Waals surface area contributed by atoms with Gasteiger partial charge in [-0.25, -0.2) is 0 Å². The van der Waals surface area contributed by atoms with Crippen LogP contribution >= 0.6 is 0 Å². The van der Waals surface area contributed by atoms with E-state index in [1.54, 1.807) is 14.1 Å². The zero-order valence-electron chi connectivity index (χ0n) is 7.70. The van der Waals surface area contributed by atoms with Crippen molar-refractivity contribution in [2.24, 2.45) is 0 Å². The molecule has 0 aromatic heterocycles. The number of carbonyl (C=O) groups excluding carboxylic acids is 2. The summed E-state index contributed by atoms with van der Waals surface area (Å²) in [6.07, 6.45) is -0.661. The van der Waals surface area contributed by atoms with Crippen LogP contribution < -0.4 is 0 Å². The molecule has 0 rings (SSSR count). The lowest BCUT2D eigenvalue weighted by Gasteiger charge is -2.09. The maximum Gasteiger partial charge on any atom is 0.222 e. The number of nitrogens with zero attached hydrogens (tertiary/aromatic N) is 1. The van der Waals surface area contributed by atoms with Crippen LogP contribution in [0.4, 0.5) is 0 Å². The van der Waals surface area contributed by atoms with Gasteiger partial charge >= 0.3 is 0 Å².